The smallest absolute Gasteiger partial charge is 0.217 e. The van der Waals surface area contributed by atoms with Gasteiger partial charge in [0.2, 0.25) is 5.91 Å². The van der Waals surface area contributed by atoms with Crippen LogP contribution in [0.2, 0.25) is 0 Å². The lowest BCUT2D eigenvalue weighted by Gasteiger charge is -2.48. The molecule has 3 aliphatic rings. The van der Waals surface area contributed by atoms with Crippen molar-refractivity contribution >= 4 is 5.91 Å². The van der Waals surface area contributed by atoms with Crippen LogP contribution >= 0.6 is 0 Å². The Labute approximate surface area is 205 Å². The molecule has 3 heterocycles. The van der Waals surface area contributed by atoms with Crippen molar-refractivity contribution in [2.75, 3.05) is 13.2 Å². The van der Waals surface area contributed by atoms with Gasteiger partial charge in [0, 0.05) is 6.92 Å². The van der Waals surface area contributed by atoms with Crippen LogP contribution in [0.25, 0.3) is 0 Å². The number of rotatable bonds is 7. The molecular formula is C20H35NO15. The van der Waals surface area contributed by atoms with Crippen LogP contribution in [0.3, 0.4) is 0 Å². The lowest BCUT2D eigenvalue weighted by atomic mass is 9.95. The quantitative estimate of drug-likeness (QED) is 0.147. The summed E-state index contributed by atoms with van der Waals surface area (Å²) in [6.45, 7) is 0.997. The standard InChI is InChI=1S/C20H35NO15/c1-5-10(25)13(28)15(30)19(32-5)36-17-14(29)11(26)7(3-22)34-20(17)35-16-8(4-23)33-18(31)9(12(16)27)21-6(2)24/h5,7-20,22-23,25-31H,3-4H2,1-2H3,(H,21,24)/t5-,7+,8+,9+,10+,11-,12+,13+,14-,15-,16-,17+,18?,19-,20-/m0/s1. The Balaban J connectivity index is 1.86. The highest BCUT2D eigenvalue weighted by Gasteiger charge is 2.53. The number of aliphatic hydroxyl groups is 9. The van der Waals surface area contributed by atoms with Gasteiger partial charge in [-0.3, -0.25) is 4.79 Å². The van der Waals surface area contributed by atoms with E-state index < -0.39 is 111 Å². The fraction of sp³-hybridized carbons (Fsp3) is 0.950. The van der Waals surface area contributed by atoms with E-state index >= 15 is 0 Å². The molecule has 15 atom stereocenters. The zero-order chi connectivity index (χ0) is 26.9. The van der Waals surface area contributed by atoms with Gasteiger partial charge >= 0.3 is 0 Å². The van der Waals surface area contributed by atoms with Crippen LogP contribution in [0.15, 0.2) is 0 Å². The molecule has 10 N–H and O–H groups in total. The summed E-state index contributed by atoms with van der Waals surface area (Å²) in [5, 5.41) is 93.8. The highest BCUT2D eigenvalue weighted by atomic mass is 16.8. The number of ether oxygens (including phenoxy) is 5. The normalized spacial score (nSPS) is 50.0. The van der Waals surface area contributed by atoms with Gasteiger partial charge in [-0.25, -0.2) is 0 Å². The second-order valence-corrected chi connectivity index (χ2v) is 9.05. The van der Waals surface area contributed by atoms with E-state index in [-0.39, 0.29) is 0 Å². The molecule has 3 saturated heterocycles. The number of hydrogen-bond acceptors (Lipinski definition) is 15. The summed E-state index contributed by atoms with van der Waals surface area (Å²) < 4.78 is 27.5. The van der Waals surface area contributed by atoms with E-state index in [4.69, 9.17) is 23.7 Å². The van der Waals surface area contributed by atoms with E-state index in [1.807, 2.05) is 0 Å². The molecule has 3 fully saturated rings. The molecule has 16 nitrogen and oxygen atoms in total. The fourth-order valence-corrected chi connectivity index (χ4v) is 4.39. The summed E-state index contributed by atoms with van der Waals surface area (Å²) in [6, 6.07) is -1.39. The Morgan fingerprint density at radius 3 is 1.92 bits per heavy atom. The van der Waals surface area contributed by atoms with Crippen LogP contribution in [0.5, 0.6) is 0 Å². The van der Waals surface area contributed by atoms with E-state index in [1.165, 1.54) is 6.92 Å². The Morgan fingerprint density at radius 1 is 0.722 bits per heavy atom. The van der Waals surface area contributed by atoms with Gasteiger partial charge in [0.15, 0.2) is 18.9 Å². The summed E-state index contributed by atoms with van der Waals surface area (Å²) in [5.41, 5.74) is 0. The molecule has 0 radical (unpaired) electrons. The monoisotopic (exact) mass is 529 g/mol. The topological polar surface area (TPSA) is 257 Å². The van der Waals surface area contributed by atoms with Gasteiger partial charge < -0.3 is 75.0 Å². The van der Waals surface area contributed by atoms with Crippen LogP contribution in [0.4, 0.5) is 0 Å². The second-order valence-electron chi connectivity index (χ2n) is 9.05. The van der Waals surface area contributed by atoms with E-state index in [1.54, 1.807) is 0 Å². The van der Waals surface area contributed by atoms with E-state index in [0.717, 1.165) is 6.92 Å². The molecule has 36 heavy (non-hydrogen) atoms. The van der Waals surface area contributed by atoms with E-state index in [9.17, 15) is 50.8 Å². The molecule has 0 spiro atoms. The zero-order valence-corrected chi connectivity index (χ0v) is 19.5. The molecule has 0 aliphatic carbocycles. The van der Waals surface area contributed by atoms with Crippen LogP contribution in [-0.4, -0.2) is 157 Å². The Bertz CT molecular complexity index is 731. The third-order valence-electron chi connectivity index (χ3n) is 6.46. The lowest BCUT2D eigenvalue weighted by Crippen LogP contribution is -2.68. The van der Waals surface area contributed by atoms with Gasteiger partial charge in [0.1, 0.15) is 67.1 Å². The highest BCUT2D eigenvalue weighted by Crippen LogP contribution is 2.32. The van der Waals surface area contributed by atoms with Crippen molar-refractivity contribution in [2.45, 2.75) is 106 Å². The van der Waals surface area contributed by atoms with Crippen LogP contribution < -0.4 is 5.32 Å². The number of amides is 1. The highest BCUT2D eigenvalue weighted by molar-refractivity contribution is 5.73. The van der Waals surface area contributed by atoms with Gasteiger partial charge in [-0.2, -0.15) is 0 Å². The van der Waals surface area contributed by atoms with Crippen molar-refractivity contribution in [3.63, 3.8) is 0 Å². The molecule has 3 rings (SSSR count). The summed E-state index contributed by atoms with van der Waals surface area (Å²) in [6.07, 6.45) is -22.1. The molecule has 16 heteroatoms. The Hall–Kier alpha value is -1.09. The third kappa shape index (κ3) is 5.97. The molecule has 0 saturated carbocycles. The minimum Gasteiger partial charge on any atom is -0.394 e. The molecule has 0 bridgehead atoms. The molecule has 1 unspecified atom stereocenters. The van der Waals surface area contributed by atoms with Gasteiger partial charge in [-0.15, -0.1) is 0 Å². The number of hydrogen-bond donors (Lipinski definition) is 10. The molecular weight excluding hydrogens is 494 g/mol. The summed E-state index contributed by atoms with van der Waals surface area (Å²) in [5.74, 6) is -0.616. The Morgan fingerprint density at radius 2 is 1.33 bits per heavy atom. The molecule has 0 aromatic heterocycles. The van der Waals surface area contributed by atoms with Gasteiger partial charge in [0.25, 0.3) is 0 Å². The van der Waals surface area contributed by atoms with Crippen molar-refractivity contribution in [2.24, 2.45) is 0 Å². The number of carbonyl (C=O) groups is 1. The largest absolute Gasteiger partial charge is 0.394 e. The number of carbonyl (C=O) groups excluding carboxylic acids is 1. The third-order valence-corrected chi connectivity index (χ3v) is 6.46. The molecule has 210 valence electrons. The average molecular weight is 529 g/mol. The SMILES string of the molecule is CC(=O)N[C@H]1C(O)O[C@H](CO)[C@H](O[C@@H]2O[C@H](CO)[C@H](O)[C@H](O)[C@H]2O[C@@H]2O[C@@H](C)[C@@H](O)[C@@H](O)[C@@H]2O)[C@@H]1O. The minimum absolute atomic E-state index is 0.616. The average Bonchev–Trinajstić information content (AvgIpc) is 2.84. The Kier molecular flexibility index (Phi) is 9.97. The number of nitrogens with one attached hydrogen (secondary N) is 1. The van der Waals surface area contributed by atoms with Crippen LogP contribution in [0, 0.1) is 0 Å². The van der Waals surface area contributed by atoms with Crippen LogP contribution in [-0.2, 0) is 28.5 Å². The van der Waals surface area contributed by atoms with Crippen molar-refractivity contribution in [1.82, 2.24) is 5.32 Å². The maximum Gasteiger partial charge on any atom is 0.217 e. The van der Waals surface area contributed by atoms with Crippen molar-refractivity contribution in [3.8, 4) is 0 Å². The van der Waals surface area contributed by atoms with Gasteiger partial charge in [0.05, 0.1) is 19.3 Å². The van der Waals surface area contributed by atoms with Crippen molar-refractivity contribution in [1.29, 1.82) is 0 Å². The number of aliphatic hydroxyl groups excluding tert-OH is 9. The maximum absolute atomic E-state index is 11.5. The van der Waals surface area contributed by atoms with Gasteiger partial charge in [-0.05, 0) is 6.92 Å². The molecule has 1 amide bonds. The zero-order valence-electron chi connectivity index (χ0n) is 19.5. The van der Waals surface area contributed by atoms with Crippen molar-refractivity contribution < 1.29 is 74.4 Å². The van der Waals surface area contributed by atoms with Gasteiger partial charge in [-0.1, -0.05) is 0 Å². The first kappa shape index (κ1) is 29.5. The summed E-state index contributed by atoms with van der Waals surface area (Å²) in [4.78, 5) is 11.5. The summed E-state index contributed by atoms with van der Waals surface area (Å²) >= 11 is 0. The molecule has 3 aliphatic heterocycles. The minimum atomic E-state index is -1.82. The molecule has 0 aromatic rings. The van der Waals surface area contributed by atoms with E-state index in [0.29, 0.717) is 0 Å². The van der Waals surface area contributed by atoms with E-state index in [2.05, 4.69) is 5.32 Å². The first-order valence-electron chi connectivity index (χ1n) is 11.4. The predicted molar refractivity (Wildman–Crippen MR) is 111 cm³/mol. The molecule has 0 aromatic carbocycles. The first-order valence-corrected chi connectivity index (χ1v) is 11.4. The summed E-state index contributed by atoms with van der Waals surface area (Å²) in [7, 11) is 0. The van der Waals surface area contributed by atoms with Crippen molar-refractivity contribution in [3.05, 3.63) is 0 Å². The first-order chi connectivity index (χ1) is 16.9. The predicted octanol–water partition coefficient (Wildman–Crippen LogP) is -6.40. The van der Waals surface area contributed by atoms with Crippen LogP contribution in [0.1, 0.15) is 13.8 Å². The fourth-order valence-electron chi connectivity index (χ4n) is 4.39. The maximum atomic E-state index is 11.5. The lowest BCUT2D eigenvalue weighted by molar-refractivity contribution is -0.382. The second kappa shape index (κ2) is 12.2.